The molecule has 3 nitrogen and oxygen atoms in total. The molecule has 1 aromatic rings. The van der Waals surface area contributed by atoms with E-state index in [-0.39, 0.29) is 28.7 Å². The van der Waals surface area contributed by atoms with E-state index in [1.165, 1.54) is 6.92 Å². The maximum absolute atomic E-state index is 14.3. The Kier molecular flexibility index (Phi) is 4.37. The summed E-state index contributed by atoms with van der Waals surface area (Å²) in [6, 6.07) is 3.26. The molecule has 3 aliphatic carbocycles. The minimum atomic E-state index is -3.07. The zero-order valence-corrected chi connectivity index (χ0v) is 16.2. The molecular weight excluding hydrogens is 350 g/mol. The van der Waals surface area contributed by atoms with Crippen LogP contribution in [0.1, 0.15) is 75.5 Å². The molecule has 1 N–H and O–H groups in total. The van der Waals surface area contributed by atoms with Gasteiger partial charge in [0.05, 0.1) is 11.7 Å². The number of carbonyl (C=O) groups excluding carboxylic acids is 1. The fraction of sp³-hybridized carbons (Fsp3) is 0.682. The highest BCUT2D eigenvalue weighted by molar-refractivity contribution is 5.70. The SMILES string of the molecule is CC(=O)Oc1cc2c(cc1C(C)(F)F)[C@H]1CC[C@]3(C)[C@@H](O)CC[C@H]3[C@@H]1CC2. The zero-order chi connectivity index (χ0) is 19.6. The van der Waals surface area contributed by atoms with Gasteiger partial charge < -0.3 is 9.84 Å². The number of alkyl halides is 2. The van der Waals surface area contributed by atoms with Gasteiger partial charge >= 0.3 is 5.97 Å². The Morgan fingerprint density at radius 2 is 2.00 bits per heavy atom. The molecule has 2 saturated carbocycles. The lowest BCUT2D eigenvalue weighted by atomic mass is 9.55. The minimum absolute atomic E-state index is 0.0101. The summed E-state index contributed by atoms with van der Waals surface area (Å²) < 4.78 is 33.6. The number of ether oxygens (including phenoxy) is 1. The van der Waals surface area contributed by atoms with Gasteiger partial charge in [0.1, 0.15) is 5.75 Å². The second-order valence-electron chi connectivity index (χ2n) is 9.08. The molecule has 4 rings (SSSR count). The number of esters is 1. The molecule has 2 fully saturated rings. The summed E-state index contributed by atoms with van der Waals surface area (Å²) >= 11 is 0. The van der Waals surface area contributed by atoms with Crippen LogP contribution in [0.5, 0.6) is 5.75 Å². The summed E-state index contributed by atoms with van der Waals surface area (Å²) in [5.41, 5.74) is 1.80. The summed E-state index contributed by atoms with van der Waals surface area (Å²) in [7, 11) is 0. The summed E-state index contributed by atoms with van der Waals surface area (Å²) in [6.07, 6.45) is 5.30. The number of aryl methyl sites for hydroxylation is 1. The van der Waals surface area contributed by atoms with E-state index in [1.54, 1.807) is 12.1 Å². The van der Waals surface area contributed by atoms with E-state index in [0.717, 1.165) is 56.6 Å². The fourth-order valence-electron chi connectivity index (χ4n) is 6.15. The summed E-state index contributed by atoms with van der Waals surface area (Å²) in [5, 5.41) is 10.5. The molecule has 0 unspecified atom stereocenters. The van der Waals surface area contributed by atoms with Crippen LogP contribution >= 0.6 is 0 Å². The molecule has 0 amide bonds. The number of carbonyl (C=O) groups is 1. The van der Waals surface area contributed by atoms with E-state index in [4.69, 9.17) is 4.74 Å². The van der Waals surface area contributed by atoms with E-state index in [9.17, 15) is 18.7 Å². The Bertz CT molecular complexity index is 770. The van der Waals surface area contributed by atoms with Gasteiger partial charge in [-0.15, -0.1) is 0 Å². The first kappa shape index (κ1) is 18.9. The highest BCUT2D eigenvalue weighted by Gasteiger charge is 2.54. The van der Waals surface area contributed by atoms with Crippen LogP contribution in [-0.2, 0) is 17.1 Å². The molecule has 0 aromatic heterocycles. The number of hydrogen-bond acceptors (Lipinski definition) is 3. The van der Waals surface area contributed by atoms with Gasteiger partial charge in [-0.25, -0.2) is 8.78 Å². The second-order valence-corrected chi connectivity index (χ2v) is 9.08. The van der Waals surface area contributed by atoms with Crippen LogP contribution in [0.2, 0.25) is 0 Å². The monoisotopic (exact) mass is 378 g/mol. The van der Waals surface area contributed by atoms with Gasteiger partial charge in [0, 0.05) is 13.8 Å². The smallest absolute Gasteiger partial charge is 0.308 e. The number of benzene rings is 1. The van der Waals surface area contributed by atoms with E-state index in [2.05, 4.69) is 6.92 Å². The number of aliphatic hydroxyl groups is 1. The van der Waals surface area contributed by atoms with Gasteiger partial charge in [0.15, 0.2) is 0 Å². The molecule has 0 saturated heterocycles. The van der Waals surface area contributed by atoms with E-state index in [1.807, 2.05) is 0 Å². The molecule has 3 aliphatic rings. The molecule has 0 bridgehead atoms. The van der Waals surface area contributed by atoms with E-state index >= 15 is 0 Å². The first-order valence-corrected chi connectivity index (χ1v) is 10.0. The van der Waals surface area contributed by atoms with Crippen LogP contribution in [0.4, 0.5) is 8.78 Å². The molecule has 27 heavy (non-hydrogen) atoms. The third kappa shape index (κ3) is 2.98. The lowest BCUT2D eigenvalue weighted by Crippen LogP contribution is -2.44. The lowest BCUT2D eigenvalue weighted by molar-refractivity contribution is -0.132. The molecule has 1 aromatic carbocycles. The van der Waals surface area contributed by atoms with Crippen molar-refractivity contribution in [3.8, 4) is 5.75 Å². The van der Waals surface area contributed by atoms with Gasteiger partial charge in [-0.3, -0.25) is 4.79 Å². The van der Waals surface area contributed by atoms with Crippen LogP contribution in [-0.4, -0.2) is 17.2 Å². The highest BCUT2D eigenvalue weighted by Crippen LogP contribution is 2.61. The predicted octanol–water partition coefficient (Wildman–Crippen LogP) is 4.94. The maximum atomic E-state index is 14.3. The number of fused-ring (bicyclic) bond motifs is 5. The van der Waals surface area contributed by atoms with Gasteiger partial charge in [0.25, 0.3) is 5.92 Å². The summed E-state index contributed by atoms with van der Waals surface area (Å²) in [4.78, 5) is 11.4. The third-order valence-corrected chi connectivity index (χ3v) is 7.50. The summed E-state index contributed by atoms with van der Waals surface area (Å²) in [5.74, 6) is -2.51. The minimum Gasteiger partial charge on any atom is -0.426 e. The molecule has 0 aliphatic heterocycles. The topological polar surface area (TPSA) is 46.5 Å². The molecule has 148 valence electrons. The van der Waals surface area contributed by atoms with Crippen LogP contribution < -0.4 is 4.74 Å². The van der Waals surface area contributed by atoms with Crippen molar-refractivity contribution in [1.29, 1.82) is 0 Å². The Hall–Kier alpha value is -1.49. The first-order chi connectivity index (χ1) is 12.6. The van der Waals surface area contributed by atoms with Crippen LogP contribution in [0.25, 0.3) is 0 Å². The normalized spacial score (nSPS) is 35.2. The second kappa shape index (κ2) is 6.26. The number of hydrogen-bond donors (Lipinski definition) is 1. The van der Waals surface area contributed by atoms with Crippen molar-refractivity contribution in [2.75, 3.05) is 0 Å². The number of aliphatic hydroxyl groups excluding tert-OH is 1. The molecule has 0 radical (unpaired) electrons. The molecule has 5 heteroatoms. The van der Waals surface area contributed by atoms with E-state index in [0.29, 0.717) is 11.8 Å². The van der Waals surface area contributed by atoms with Crippen molar-refractivity contribution in [2.45, 2.75) is 77.2 Å². The Labute approximate surface area is 159 Å². The lowest BCUT2D eigenvalue weighted by Gasteiger charge is -2.50. The van der Waals surface area contributed by atoms with Crippen molar-refractivity contribution in [1.82, 2.24) is 0 Å². The van der Waals surface area contributed by atoms with Crippen LogP contribution in [0.3, 0.4) is 0 Å². The third-order valence-electron chi connectivity index (χ3n) is 7.50. The standard InChI is InChI=1S/C22H28F2O3/c1-12(25)27-19-10-13-4-5-15-14(16(13)11-18(19)22(3,23)24)8-9-21(2)17(15)6-7-20(21)26/h10-11,14-15,17,20,26H,4-9H2,1-3H3/t14-,15+,17-,20-,21-/m0/s1. The van der Waals surface area contributed by atoms with Crippen LogP contribution in [0, 0.1) is 17.3 Å². The van der Waals surface area contributed by atoms with Crippen LogP contribution in [0.15, 0.2) is 12.1 Å². The molecule has 0 heterocycles. The molecular formula is C22H28F2O3. The van der Waals surface area contributed by atoms with Gasteiger partial charge in [-0.1, -0.05) is 6.92 Å². The van der Waals surface area contributed by atoms with Gasteiger partial charge in [0.2, 0.25) is 0 Å². The maximum Gasteiger partial charge on any atom is 0.308 e. The van der Waals surface area contributed by atoms with E-state index < -0.39 is 11.9 Å². The Balaban J connectivity index is 1.75. The Morgan fingerprint density at radius 3 is 2.67 bits per heavy atom. The number of halogens is 2. The Morgan fingerprint density at radius 1 is 1.26 bits per heavy atom. The first-order valence-electron chi connectivity index (χ1n) is 10.0. The highest BCUT2D eigenvalue weighted by atomic mass is 19.3. The number of rotatable bonds is 2. The molecule has 0 spiro atoms. The van der Waals surface area contributed by atoms with Crippen molar-refractivity contribution < 1.29 is 23.4 Å². The van der Waals surface area contributed by atoms with Crippen molar-refractivity contribution in [2.24, 2.45) is 17.3 Å². The quantitative estimate of drug-likeness (QED) is 0.586. The largest absolute Gasteiger partial charge is 0.426 e. The van der Waals surface area contributed by atoms with Gasteiger partial charge in [-0.05, 0) is 85.0 Å². The average Bonchev–Trinajstić information content (AvgIpc) is 2.88. The fourth-order valence-corrected chi connectivity index (χ4v) is 6.15. The van der Waals surface area contributed by atoms with Crippen molar-refractivity contribution in [3.63, 3.8) is 0 Å². The van der Waals surface area contributed by atoms with Crippen molar-refractivity contribution >= 4 is 5.97 Å². The zero-order valence-electron chi connectivity index (χ0n) is 16.2. The predicted molar refractivity (Wildman–Crippen MR) is 97.9 cm³/mol. The summed E-state index contributed by atoms with van der Waals surface area (Å²) in [6.45, 7) is 4.30. The van der Waals surface area contributed by atoms with Crippen molar-refractivity contribution in [3.05, 3.63) is 28.8 Å². The average molecular weight is 378 g/mol. The van der Waals surface area contributed by atoms with Gasteiger partial charge in [-0.2, -0.15) is 0 Å². The molecule has 5 atom stereocenters.